The van der Waals surface area contributed by atoms with Crippen LogP contribution in [-0.4, -0.2) is 31.3 Å². The molecule has 0 aliphatic carbocycles. The average molecular weight is 276 g/mol. The third-order valence-electron chi connectivity index (χ3n) is 4.21. The minimum atomic E-state index is -0.324. The van der Waals surface area contributed by atoms with Gasteiger partial charge in [-0.15, -0.1) is 0 Å². The Kier molecular flexibility index (Phi) is 3.31. The zero-order valence-electron chi connectivity index (χ0n) is 11.5. The van der Waals surface area contributed by atoms with E-state index in [4.69, 9.17) is 0 Å². The van der Waals surface area contributed by atoms with E-state index in [-0.39, 0.29) is 10.9 Å². The molecular weight excluding hydrogens is 256 g/mol. The van der Waals surface area contributed by atoms with Gasteiger partial charge in [-0.2, -0.15) is 11.8 Å². The maximum Gasteiger partial charge on any atom is 0.112 e. The number of aliphatic hydroxyl groups is 1. The molecule has 1 saturated heterocycles. The Labute approximate surface area is 118 Å². The Morgan fingerprint density at radius 3 is 2.95 bits per heavy atom. The summed E-state index contributed by atoms with van der Waals surface area (Å²) in [7, 11) is 2.03. The molecule has 0 radical (unpaired) electrons. The van der Waals surface area contributed by atoms with Crippen molar-refractivity contribution in [1.29, 1.82) is 0 Å². The summed E-state index contributed by atoms with van der Waals surface area (Å²) in [4.78, 5) is 4.65. The predicted molar refractivity (Wildman–Crippen MR) is 80.5 cm³/mol. The number of benzene rings is 1. The van der Waals surface area contributed by atoms with E-state index in [2.05, 4.69) is 22.5 Å². The first-order chi connectivity index (χ1) is 9.10. The van der Waals surface area contributed by atoms with Crippen LogP contribution in [0.3, 0.4) is 0 Å². The molecule has 2 unspecified atom stereocenters. The molecule has 0 spiro atoms. The van der Waals surface area contributed by atoms with Gasteiger partial charge >= 0.3 is 0 Å². The third-order valence-corrected chi connectivity index (χ3v) is 5.84. The van der Waals surface area contributed by atoms with E-state index in [1.807, 2.05) is 37.0 Å². The summed E-state index contributed by atoms with van der Waals surface area (Å²) in [5.41, 5.74) is 2.14. The van der Waals surface area contributed by atoms with Crippen LogP contribution in [0.15, 0.2) is 24.3 Å². The average Bonchev–Trinajstić information content (AvgIpc) is 2.97. The zero-order valence-corrected chi connectivity index (χ0v) is 12.3. The highest BCUT2D eigenvalue weighted by Gasteiger charge is 2.37. The first-order valence-electron chi connectivity index (χ1n) is 6.82. The molecule has 1 fully saturated rings. The molecule has 2 heterocycles. The predicted octanol–water partition coefficient (Wildman–Crippen LogP) is 2.76. The molecule has 0 amide bonds. The lowest BCUT2D eigenvalue weighted by Crippen LogP contribution is -2.36. The summed E-state index contributed by atoms with van der Waals surface area (Å²) in [5, 5.41) is 10.5. The van der Waals surface area contributed by atoms with Crippen molar-refractivity contribution in [2.75, 3.05) is 5.75 Å². The molecule has 3 nitrogen and oxygen atoms in total. The highest BCUT2D eigenvalue weighted by molar-refractivity contribution is 8.00. The Morgan fingerprint density at radius 1 is 1.47 bits per heavy atom. The second-order valence-electron chi connectivity index (χ2n) is 5.56. The minimum Gasteiger partial charge on any atom is -0.391 e. The molecule has 3 rings (SSSR count). The summed E-state index contributed by atoms with van der Waals surface area (Å²) >= 11 is 1.90. The molecule has 0 saturated carbocycles. The molecule has 1 aliphatic heterocycles. The highest BCUT2D eigenvalue weighted by atomic mass is 32.2. The van der Waals surface area contributed by atoms with Gasteiger partial charge in [-0.25, -0.2) is 4.98 Å². The first kappa shape index (κ1) is 13.0. The van der Waals surface area contributed by atoms with Gasteiger partial charge in [0.15, 0.2) is 0 Å². The van der Waals surface area contributed by atoms with E-state index in [1.54, 1.807) is 0 Å². The zero-order chi connectivity index (χ0) is 13.5. The number of rotatable bonds is 3. The Bertz CT molecular complexity index is 587. The lowest BCUT2D eigenvalue weighted by atomic mass is 9.96. The molecule has 2 aromatic rings. The number of para-hydroxylation sites is 2. The van der Waals surface area contributed by atoms with Crippen molar-refractivity contribution in [2.24, 2.45) is 7.05 Å². The molecule has 1 aliphatic rings. The Hall–Kier alpha value is -1.00. The standard InChI is InChI=1S/C15H20N2OS/c1-15(8-5-9-19-15)13(18)10-14-16-11-6-3-4-7-12(11)17(14)2/h3-4,6-7,13,18H,5,8-10H2,1-2H3. The van der Waals surface area contributed by atoms with Gasteiger partial charge < -0.3 is 9.67 Å². The first-order valence-corrected chi connectivity index (χ1v) is 7.81. The van der Waals surface area contributed by atoms with Gasteiger partial charge in [-0.1, -0.05) is 12.1 Å². The number of imidazole rings is 1. The number of aryl methyl sites for hydroxylation is 1. The van der Waals surface area contributed by atoms with Crippen LogP contribution < -0.4 is 0 Å². The van der Waals surface area contributed by atoms with Gasteiger partial charge in [0.1, 0.15) is 5.82 Å². The Morgan fingerprint density at radius 2 is 2.26 bits per heavy atom. The molecule has 102 valence electrons. The SMILES string of the molecule is Cn1c(CC(O)C2(C)CCCS2)nc2ccccc21. The van der Waals surface area contributed by atoms with Crippen LogP contribution in [0.25, 0.3) is 11.0 Å². The molecule has 2 atom stereocenters. The van der Waals surface area contributed by atoms with E-state index >= 15 is 0 Å². The molecule has 1 aromatic heterocycles. The van der Waals surface area contributed by atoms with Crippen LogP contribution in [0, 0.1) is 0 Å². The van der Waals surface area contributed by atoms with Crippen molar-refractivity contribution in [3.63, 3.8) is 0 Å². The molecule has 1 N–H and O–H groups in total. The van der Waals surface area contributed by atoms with Gasteiger partial charge in [-0.3, -0.25) is 0 Å². The summed E-state index contributed by atoms with van der Waals surface area (Å²) < 4.78 is 2.10. The van der Waals surface area contributed by atoms with E-state index in [1.165, 1.54) is 6.42 Å². The fourth-order valence-electron chi connectivity index (χ4n) is 2.83. The van der Waals surface area contributed by atoms with Crippen molar-refractivity contribution in [1.82, 2.24) is 9.55 Å². The number of fused-ring (bicyclic) bond motifs is 1. The van der Waals surface area contributed by atoms with Crippen molar-refractivity contribution >= 4 is 22.8 Å². The number of thioether (sulfide) groups is 1. The number of aromatic nitrogens is 2. The van der Waals surface area contributed by atoms with Crippen molar-refractivity contribution < 1.29 is 5.11 Å². The fraction of sp³-hybridized carbons (Fsp3) is 0.533. The van der Waals surface area contributed by atoms with Crippen LogP contribution in [0.1, 0.15) is 25.6 Å². The smallest absolute Gasteiger partial charge is 0.112 e. The quantitative estimate of drug-likeness (QED) is 0.937. The van der Waals surface area contributed by atoms with E-state index in [0.717, 1.165) is 29.0 Å². The van der Waals surface area contributed by atoms with Crippen molar-refractivity contribution in [3.05, 3.63) is 30.1 Å². The van der Waals surface area contributed by atoms with Gasteiger partial charge in [0.05, 0.1) is 17.1 Å². The second kappa shape index (κ2) is 4.84. The summed E-state index contributed by atoms with van der Waals surface area (Å²) in [6, 6.07) is 8.13. The molecule has 0 bridgehead atoms. The number of aliphatic hydroxyl groups excluding tert-OH is 1. The van der Waals surface area contributed by atoms with Crippen LogP contribution in [0.4, 0.5) is 0 Å². The number of hydrogen-bond donors (Lipinski definition) is 1. The molecule has 4 heteroatoms. The van der Waals surface area contributed by atoms with E-state index in [0.29, 0.717) is 6.42 Å². The largest absolute Gasteiger partial charge is 0.391 e. The summed E-state index contributed by atoms with van der Waals surface area (Å²) in [5.74, 6) is 2.14. The molecule has 19 heavy (non-hydrogen) atoms. The maximum absolute atomic E-state index is 10.5. The summed E-state index contributed by atoms with van der Waals surface area (Å²) in [6.07, 6.45) is 2.62. The Balaban J connectivity index is 1.87. The molecule has 1 aromatic carbocycles. The summed E-state index contributed by atoms with van der Waals surface area (Å²) in [6.45, 7) is 2.18. The van der Waals surface area contributed by atoms with Crippen molar-refractivity contribution in [3.8, 4) is 0 Å². The minimum absolute atomic E-state index is 0.00185. The number of nitrogens with zero attached hydrogens (tertiary/aromatic N) is 2. The maximum atomic E-state index is 10.5. The van der Waals surface area contributed by atoms with Gasteiger partial charge in [-0.05, 0) is 37.7 Å². The van der Waals surface area contributed by atoms with Gasteiger partial charge in [0.2, 0.25) is 0 Å². The lowest BCUT2D eigenvalue weighted by molar-refractivity contribution is 0.131. The topological polar surface area (TPSA) is 38.0 Å². The van der Waals surface area contributed by atoms with Gasteiger partial charge in [0, 0.05) is 18.2 Å². The third kappa shape index (κ3) is 2.28. The van der Waals surface area contributed by atoms with Crippen molar-refractivity contribution in [2.45, 2.75) is 37.0 Å². The van der Waals surface area contributed by atoms with Crippen LogP contribution in [0.5, 0.6) is 0 Å². The van der Waals surface area contributed by atoms with Gasteiger partial charge in [0.25, 0.3) is 0 Å². The van der Waals surface area contributed by atoms with Crippen LogP contribution in [-0.2, 0) is 13.5 Å². The second-order valence-corrected chi connectivity index (χ2v) is 7.19. The van der Waals surface area contributed by atoms with Crippen LogP contribution >= 0.6 is 11.8 Å². The molecular formula is C15H20N2OS. The fourth-order valence-corrected chi connectivity index (χ4v) is 4.15. The lowest BCUT2D eigenvalue weighted by Gasteiger charge is -2.28. The normalized spacial score (nSPS) is 25.0. The van der Waals surface area contributed by atoms with E-state index in [9.17, 15) is 5.11 Å². The monoisotopic (exact) mass is 276 g/mol. The number of hydrogen-bond acceptors (Lipinski definition) is 3. The van der Waals surface area contributed by atoms with E-state index < -0.39 is 0 Å². The highest BCUT2D eigenvalue weighted by Crippen LogP contribution is 2.41. The van der Waals surface area contributed by atoms with Crippen LogP contribution in [0.2, 0.25) is 0 Å².